The van der Waals surface area contributed by atoms with Gasteiger partial charge in [-0.15, -0.1) is 0 Å². The summed E-state index contributed by atoms with van der Waals surface area (Å²) in [6.07, 6.45) is 5.10. The molecule has 0 spiro atoms. The number of aryl methyl sites for hydroxylation is 2. The van der Waals surface area contributed by atoms with E-state index >= 15 is 0 Å². The number of fused-ring (bicyclic) bond motifs is 1. The van der Waals surface area contributed by atoms with Crippen LogP contribution in [-0.4, -0.2) is 59.9 Å². The molecule has 162 valence electrons. The van der Waals surface area contributed by atoms with E-state index < -0.39 is 10.0 Å². The van der Waals surface area contributed by atoms with Crippen LogP contribution in [0.5, 0.6) is 0 Å². The molecule has 4 rings (SSSR count). The fraction of sp³-hybridized carbons (Fsp3) is 0.545. The molecule has 1 aliphatic carbocycles. The quantitative estimate of drug-likeness (QED) is 0.790. The van der Waals surface area contributed by atoms with Crippen LogP contribution in [0.25, 0.3) is 0 Å². The first-order valence-corrected chi connectivity index (χ1v) is 12.2. The van der Waals surface area contributed by atoms with Gasteiger partial charge in [-0.3, -0.25) is 9.89 Å². The predicted molar refractivity (Wildman–Crippen MR) is 115 cm³/mol. The van der Waals surface area contributed by atoms with Crippen molar-refractivity contribution in [3.05, 3.63) is 46.8 Å². The Morgan fingerprint density at radius 2 is 1.77 bits per heavy atom. The molecule has 1 aromatic heterocycles. The molecular weight excluding hydrogens is 400 g/mol. The first kappa shape index (κ1) is 21.1. The van der Waals surface area contributed by atoms with Crippen LogP contribution in [0.3, 0.4) is 0 Å². The molecule has 7 nitrogen and oxygen atoms in total. The first-order valence-electron chi connectivity index (χ1n) is 10.8. The molecule has 0 radical (unpaired) electrons. The van der Waals surface area contributed by atoms with Gasteiger partial charge in [-0.05, 0) is 67.3 Å². The second-order valence-corrected chi connectivity index (χ2v) is 10.6. The Bertz CT molecular complexity index is 1020. The summed E-state index contributed by atoms with van der Waals surface area (Å²) in [5.74, 6) is 0.331. The molecule has 1 saturated heterocycles. The van der Waals surface area contributed by atoms with Crippen LogP contribution >= 0.6 is 0 Å². The Labute approximate surface area is 178 Å². The zero-order valence-electron chi connectivity index (χ0n) is 17.7. The predicted octanol–water partition coefficient (Wildman–Crippen LogP) is 2.63. The number of amides is 1. The van der Waals surface area contributed by atoms with E-state index in [0.717, 1.165) is 36.9 Å². The molecule has 1 N–H and O–H groups in total. The maximum absolute atomic E-state index is 13.1. The summed E-state index contributed by atoms with van der Waals surface area (Å²) in [7, 11) is -3.55. The lowest BCUT2D eigenvalue weighted by Crippen LogP contribution is -2.50. The minimum absolute atomic E-state index is 0.146. The highest BCUT2D eigenvalue weighted by Crippen LogP contribution is 2.26. The molecule has 0 saturated carbocycles. The summed E-state index contributed by atoms with van der Waals surface area (Å²) in [5.41, 5.74) is 3.77. The summed E-state index contributed by atoms with van der Waals surface area (Å²) in [5, 5.41) is 7.09. The van der Waals surface area contributed by atoms with Gasteiger partial charge in [-0.25, -0.2) is 8.42 Å². The Morgan fingerprint density at radius 1 is 1.07 bits per heavy atom. The van der Waals surface area contributed by atoms with Crippen LogP contribution in [0.4, 0.5) is 0 Å². The maximum Gasteiger partial charge on any atom is 0.274 e. The second-order valence-electron chi connectivity index (χ2n) is 8.71. The van der Waals surface area contributed by atoms with E-state index in [4.69, 9.17) is 0 Å². The molecule has 2 aromatic rings. The normalized spacial score (nSPS) is 17.9. The molecule has 2 aliphatic rings. The van der Waals surface area contributed by atoms with Crippen LogP contribution < -0.4 is 0 Å². The number of rotatable bonds is 5. The topological polar surface area (TPSA) is 86.4 Å². The number of H-pyrrole nitrogens is 1. The molecule has 8 heteroatoms. The second kappa shape index (κ2) is 8.51. The fourth-order valence-electron chi connectivity index (χ4n) is 4.33. The van der Waals surface area contributed by atoms with Crippen molar-refractivity contribution >= 4 is 15.9 Å². The van der Waals surface area contributed by atoms with Gasteiger partial charge in [0.2, 0.25) is 10.0 Å². The van der Waals surface area contributed by atoms with E-state index in [2.05, 4.69) is 24.0 Å². The fourth-order valence-corrected chi connectivity index (χ4v) is 5.80. The van der Waals surface area contributed by atoms with Crippen molar-refractivity contribution in [2.45, 2.75) is 50.8 Å². The average Bonchev–Trinajstić information content (AvgIpc) is 3.20. The lowest BCUT2D eigenvalue weighted by molar-refractivity contribution is 0.0692. The van der Waals surface area contributed by atoms with Gasteiger partial charge in [0.05, 0.1) is 4.90 Å². The highest BCUT2D eigenvalue weighted by atomic mass is 32.2. The largest absolute Gasteiger partial charge is 0.335 e. The third-order valence-electron chi connectivity index (χ3n) is 5.96. The van der Waals surface area contributed by atoms with E-state index in [1.165, 1.54) is 16.3 Å². The summed E-state index contributed by atoms with van der Waals surface area (Å²) in [6, 6.07) is 7.35. The zero-order valence-corrected chi connectivity index (χ0v) is 18.5. The van der Waals surface area contributed by atoms with E-state index in [1.807, 2.05) is 12.1 Å². The third kappa shape index (κ3) is 4.30. The minimum atomic E-state index is -3.55. The Kier molecular flexibility index (Phi) is 5.97. The number of carbonyl (C=O) groups excluding carboxylic acids is 1. The van der Waals surface area contributed by atoms with Gasteiger partial charge < -0.3 is 4.90 Å². The Morgan fingerprint density at radius 3 is 2.47 bits per heavy atom. The van der Waals surface area contributed by atoms with Gasteiger partial charge in [0.1, 0.15) is 5.69 Å². The van der Waals surface area contributed by atoms with Gasteiger partial charge in [0.15, 0.2) is 0 Å². The Hall–Kier alpha value is -2.19. The number of hydrogen-bond donors (Lipinski definition) is 1. The van der Waals surface area contributed by atoms with Crippen molar-refractivity contribution in [2.24, 2.45) is 5.92 Å². The monoisotopic (exact) mass is 430 g/mol. The smallest absolute Gasteiger partial charge is 0.274 e. The van der Waals surface area contributed by atoms with E-state index in [0.29, 0.717) is 42.7 Å². The van der Waals surface area contributed by atoms with Gasteiger partial charge in [0, 0.05) is 31.9 Å². The molecular formula is C22H30N4O3S. The van der Waals surface area contributed by atoms with E-state index in [9.17, 15) is 13.2 Å². The van der Waals surface area contributed by atoms with Crippen LogP contribution in [-0.2, 0) is 29.3 Å². The number of aromatic amines is 1. The lowest BCUT2D eigenvalue weighted by Gasteiger charge is -2.33. The molecule has 1 aliphatic heterocycles. The molecule has 1 fully saturated rings. The molecule has 1 aromatic carbocycles. The molecule has 1 amide bonds. The van der Waals surface area contributed by atoms with E-state index in [-0.39, 0.29) is 5.91 Å². The summed E-state index contributed by atoms with van der Waals surface area (Å²) >= 11 is 0. The van der Waals surface area contributed by atoms with E-state index in [1.54, 1.807) is 17.0 Å². The minimum Gasteiger partial charge on any atom is -0.335 e. The Balaban J connectivity index is 1.41. The van der Waals surface area contributed by atoms with Crippen LogP contribution in [0.2, 0.25) is 0 Å². The van der Waals surface area contributed by atoms with Crippen LogP contribution in [0, 0.1) is 5.92 Å². The number of carbonyl (C=O) groups is 1. The summed E-state index contributed by atoms with van der Waals surface area (Å²) in [6.45, 7) is 5.57. The molecule has 0 atom stereocenters. The number of nitrogens with zero attached hydrogens (tertiary/aromatic N) is 3. The maximum atomic E-state index is 13.1. The van der Waals surface area contributed by atoms with Crippen molar-refractivity contribution in [1.82, 2.24) is 19.4 Å². The van der Waals surface area contributed by atoms with Gasteiger partial charge >= 0.3 is 0 Å². The standard InChI is InChI=1S/C22H30N4O3S/c1-16(2)13-19-15-21(24-23-19)22(27)25-9-11-26(12-10-25)30(28,29)20-8-7-17-5-3-4-6-18(17)14-20/h7-8,14-16H,3-6,9-13H2,1-2H3,(H,23,24). The van der Waals surface area contributed by atoms with Gasteiger partial charge in [-0.1, -0.05) is 19.9 Å². The number of benzene rings is 1. The number of aromatic nitrogens is 2. The first-order chi connectivity index (χ1) is 14.3. The lowest BCUT2D eigenvalue weighted by atomic mass is 9.92. The number of sulfonamides is 1. The SMILES string of the molecule is CC(C)Cc1cc(C(=O)N2CCN(S(=O)(=O)c3ccc4c(c3)CCCC4)CC2)n[nH]1. The highest BCUT2D eigenvalue weighted by Gasteiger charge is 2.31. The van der Waals surface area contributed by atoms with Crippen molar-refractivity contribution in [3.63, 3.8) is 0 Å². The summed E-state index contributed by atoms with van der Waals surface area (Å²) in [4.78, 5) is 14.8. The van der Waals surface area contributed by atoms with Crippen LogP contribution in [0.15, 0.2) is 29.2 Å². The van der Waals surface area contributed by atoms with Crippen molar-refractivity contribution in [3.8, 4) is 0 Å². The number of piperazine rings is 1. The number of nitrogens with one attached hydrogen (secondary N) is 1. The van der Waals surface area contributed by atoms with Gasteiger partial charge in [0.25, 0.3) is 5.91 Å². The zero-order chi connectivity index (χ0) is 21.3. The molecule has 0 unspecified atom stereocenters. The van der Waals surface area contributed by atoms with Crippen molar-refractivity contribution in [2.75, 3.05) is 26.2 Å². The summed E-state index contributed by atoms with van der Waals surface area (Å²) < 4.78 is 27.8. The third-order valence-corrected chi connectivity index (χ3v) is 7.86. The highest BCUT2D eigenvalue weighted by molar-refractivity contribution is 7.89. The van der Waals surface area contributed by atoms with Crippen molar-refractivity contribution < 1.29 is 13.2 Å². The number of hydrogen-bond acceptors (Lipinski definition) is 4. The average molecular weight is 431 g/mol. The molecule has 30 heavy (non-hydrogen) atoms. The van der Waals surface area contributed by atoms with Crippen molar-refractivity contribution in [1.29, 1.82) is 0 Å². The molecule has 0 bridgehead atoms. The van der Waals surface area contributed by atoms with Gasteiger partial charge in [-0.2, -0.15) is 9.40 Å². The van der Waals surface area contributed by atoms with Crippen LogP contribution in [0.1, 0.15) is 54.0 Å². The molecule has 2 heterocycles.